The second-order valence-corrected chi connectivity index (χ2v) is 4.43. The van der Waals surface area contributed by atoms with E-state index in [1.807, 2.05) is 31.2 Å². The Bertz CT molecular complexity index is 529. The lowest BCUT2D eigenvalue weighted by Crippen LogP contribution is -2.08. The van der Waals surface area contributed by atoms with Gasteiger partial charge in [-0.3, -0.25) is 0 Å². The van der Waals surface area contributed by atoms with Crippen molar-refractivity contribution in [3.63, 3.8) is 0 Å². The molecule has 2 aromatic carbocycles. The SMILES string of the molecule is Cc1ccc(OC(=O)c2ccc(C[Si])cc2)cc1. The summed E-state index contributed by atoms with van der Waals surface area (Å²) >= 11 is 0. The van der Waals surface area contributed by atoms with Crippen LogP contribution in [0, 0.1) is 6.92 Å². The van der Waals surface area contributed by atoms with Gasteiger partial charge in [0.25, 0.3) is 0 Å². The highest BCUT2D eigenvalue weighted by atomic mass is 28.1. The van der Waals surface area contributed by atoms with Crippen LogP contribution in [0.5, 0.6) is 5.75 Å². The quantitative estimate of drug-likeness (QED) is 0.477. The van der Waals surface area contributed by atoms with Gasteiger partial charge in [-0.25, -0.2) is 4.79 Å². The van der Waals surface area contributed by atoms with Gasteiger partial charge >= 0.3 is 5.97 Å². The lowest BCUT2D eigenvalue weighted by molar-refractivity contribution is 0.0735. The van der Waals surface area contributed by atoms with Gasteiger partial charge in [0.05, 0.1) is 5.56 Å². The average Bonchev–Trinajstić information content (AvgIpc) is 2.41. The molecule has 0 aliphatic heterocycles. The molecule has 3 heteroatoms. The first-order valence-corrected chi connectivity index (χ1v) is 6.42. The summed E-state index contributed by atoms with van der Waals surface area (Å²) in [6.07, 6.45) is 0. The molecule has 0 aliphatic rings. The summed E-state index contributed by atoms with van der Waals surface area (Å²) in [5.41, 5.74) is 2.81. The molecule has 2 rings (SSSR count). The summed E-state index contributed by atoms with van der Waals surface area (Å²) in [5.74, 6) is 0.231. The molecule has 0 atom stereocenters. The van der Waals surface area contributed by atoms with E-state index in [4.69, 9.17) is 4.74 Å². The van der Waals surface area contributed by atoms with Crippen molar-refractivity contribution in [2.75, 3.05) is 0 Å². The lowest BCUT2D eigenvalue weighted by Gasteiger charge is -2.05. The fraction of sp³-hybridized carbons (Fsp3) is 0.133. The van der Waals surface area contributed by atoms with Crippen LogP contribution in [0.1, 0.15) is 21.5 Å². The monoisotopic (exact) mass is 253 g/mol. The van der Waals surface area contributed by atoms with Crippen molar-refractivity contribution < 1.29 is 9.53 Å². The van der Waals surface area contributed by atoms with Gasteiger partial charge in [-0.15, -0.1) is 0 Å². The Morgan fingerprint density at radius 3 is 2.22 bits per heavy atom. The van der Waals surface area contributed by atoms with Crippen molar-refractivity contribution in [2.45, 2.75) is 13.0 Å². The molecule has 0 spiro atoms. The average molecular weight is 253 g/mol. The minimum atomic E-state index is -0.334. The van der Waals surface area contributed by atoms with Crippen LogP contribution in [-0.2, 0) is 6.04 Å². The van der Waals surface area contributed by atoms with Crippen LogP contribution < -0.4 is 4.74 Å². The lowest BCUT2D eigenvalue weighted by atomic mass is 10.1. The topological polar surface area (TPSA) is 26.3 Å². The van der Waals surface area contributed by atoms with Crippen molar-refractivity contribution in [1.82, 2.24) is 0 Å². The van der Waals surface area contributed by atoms with Gasteiger partial charge in [0, 0.05) is 10.2 Å². The van der Waals surface area contributed by atoms with Gasteiger partial charge in [0.2, 0.25) is 0 Å². The predicted octanol–water partition coefficient (Wildman–Crippen LogP) is 2.88. The third-order valence-electron chi connectivity index (χ3n) is 2.63. The summed E-state index contributed by atoms with van der Waals surface area (Å²) in [6.45, 7) is 1.99. The van der Waals surface area contributed by atoms with E-state index < -0.39 is 0 Å². The van der Waals surface area contributed by atoms with E-state index in [0.717, 1.165) is 17.2 Å². The Kier molecular flexibility index (Phi) is 3.94. The maximum Gasteiger partial charge on any atom is 0.343 e. The third-order valence-corrected chi connectivity index (χ3v) is 3.03. The molecule has 3 radical (unpaired) electrons. The highest BCUT2D eigenvalue weighted by molar-refractivity contribution is 6.08. The maximum atomic E-state index is 11.9. The number of carbonyl (C=O) groups excluding carboxylic acids is 1. The van der Waals surface area contributed by atoms with Crippen molar-refractivity contribution in [3.05, 3.63) is 65.2 Å². The second kappa shape index (κ2) is 5.64. The fourth-order valence-electron chi connectivity index (χ4n) is 1.53. The Morgan fingerprint density at radius 2 is 1.67 bits per heavy atom. The van der Waals surface area contributed by atoms with E-state index in [2.05, 4.69) is 10.2 Å². The molecular weight excluding hydrogens is 240 g/mol. The van der Waals surface area contributed by atoms with Gasteiger partial charge < -0.3 is 4.74 Å². The summed E-state index contributed by atoms with van der Waals surface area (Å²) in [4.78, 5) is 11.9. The number of esters is 1. The van der Waals surface area contributed by atoms with E-state index in [-0.39, 0.29) is 5.97 Å². The highest BCUT2D eigenvalue weighted by Gasteiger charge is 2.07. The summed E-state index contributed by atoms with van der Waals surface area (Å²) < 4.78 is 5.28. The second-order valence-electron chi connectivity index (χ2n) is 4.08. The zero-order chi connectivity index (χ0) is 13.0. The molecule has 0 aromatic heterocycles. The zero-order valence-electron chi connectivity index (χ0n) is 10.1. The number of aryl methyl sites for hydroxylation is 1. The fourth-order valence-corrected chi connectivity index (χ4v) is 1.77. The van der Waals surface area contributed by atoms with Crippen LogP contribution in [0.15, 0.2) is 48.5 Å². The molecule has 0 aliphatic carbocycles. The molecule has 0 amide bonds. The Balaban J connectivity index is 2.09. The van der Waals surface area contributed by atoms with Gasteiger partial charge in [-0.2, -0.15) is 0 Å². The van der Waals surface area contributed by atoms with E-state index in [0.29, 0.717) is 11.3 Å². The number of rotatable bonds is 3. The van der Waals surface area contributed by atoms with Crippen LogP contribution in [0.4, 0.5) is 0 Å². The largest absolute Gasteiger partial charge is 0.423 e. The van der Waals surface area contributed by atoms with Crippen LogP contribution in [0.3, 0.4) is 0 Å². The highest BCUT2D eigenvalue weighted by Crippen LogP contribution is 2.14. The molecule has 0 fully saturated rings. The zero-order valence-corrected chi connectivity index (χ0v) is 11.1. The minimum absolute atomic E-state index is 0.334. The number of hydrogen-bond donors (Lipinski definition) is 0. The van der Waals surface area contributed by atoms with E-state index >= 15 is 0 Å². The molecule has 0 N–H and O–H groups in total. The van der Waals surface area contributed by atoms with Crippen molar-refractivity contribution in [3.8, 4) is 5.75 Å². The standard InChI is InChI=1S/C15H13O2Si/c1-11-2-8-14(9-3-11)17-15(16)13-6-4-12(10-18)5-7-13/h2-9H,10H2,1H3. The van der Waals surface area contributed by atoms with Crippen LogP contribution >= 0.6 is 0 Å². The van der Waals surface area contributed by atoms with Gasteiger partial charge in [0.15, 0.2) is 0 Å². The first-order chi connectivity index (χ1) is 8.69. The molecule has 0 heterocycles. The molecule has 2 aromatic rings. The van der Waals surface area contributed by atoms with Crippen LogP contribution in [0.2, 0.25) is 0 Å². The predicted molar refractivity (Wildman–Crippen MR) is 72.0 cm³/mol. The summed E-state index contributed by atoms with van der Waals surface area (Å²) in [5, 5.41) is 0. The van der Waals surface area contributed by atoms with E-state index in [1.54, 1.807) is 24.3 Å². The normalized spacial score (nSPS) is 10.1. The van der Waals surface area contributed by atoms with Crippen molar-refractivity contribution >= 4 is 16.2 Å². The molecule has 0 saturated carbocycles. The Hall–Kier alpha value is -1.87. The smallest absolute Gasteiger partial charge is 0.343 e. The van der Waals surface area contributed by atoms with Gasteiger partial charge in [0.1, 0.15) is 5.75 Å². The summed E-state index contributed by atoms with van der Waals surface area (Å²) in [6, 6.07) is 15.5. The first kappa shape index (κ1) is 12.6. The molecule has 0 bridgehead atoms. The first-order valence-electron chi connectivity index (χ1n) is 5.71. The molecular formula is C15H13O2Si. The maximum absolute atomic E-state index is 11.9. The number of hydrogen-bond acceptors (Lipinski definition) is 2. The Morgan fingerprint density at radius 1 is 1.06 bits per heavy atom. The number of ether oxygens (including phenoxy) is 1. The van der Waals surface area contributed by atoms with Crippen LogP contribution in [-0.4, -0.2) is 16.2 Å². The van der Waals surface area contributed by atoms with E-state index in [1.165, 1.54) is 0 Å². The van der Waals surface area contributed by atoms with Crippen LogP contribution in [0.25, 0.3) is 0 Å². The number of benzene rings is 2. The van der Waals surface area contributed by atoms with Gasteiger partial charge in [-0.05, 0) is 37.2 Å². The van der Waals surface area contributed by atoms with Crippen molar-refractivity contribution in [1.29, 1.82) is 0 Å². The molecule has 0 unspecified atom stereocenters. The molecule has 2 nitrogen and oxygen atoms in total. The Labute approximate surface area is 110 Å². The van der Waals surface area contributed by atoms with E-state index in [9.17, 15) is 4.79 Å². The molecule has 18 heavy (non-hydrogen) atoms. The molecule has 89 valence electrons. The number of carbonyl (C=O) groups is 1. The summed E-state index contributed by atoms with van der Waals surface area (Å²) in [7, 11) is 3.41. The minimum Gasteiger partial charge on any atom is -0.423 e. The third kappa shape index (κ3) is 3.08. The van der Waals surface area contributed by atoms with Gasteiger partial charge in [-0.1, -0.05) is 35.4 Å². The van der Waals surface area contributed by atoms with Crippen molar-refractivity contribution in [2.24, 2.45) is 0 Å². The molecule has 0 saturated heterocycles.